The van der Waals surface area contributed by atoms with Crippen molar-refractivity contribution in [3.63, 3.8) is 0 Å². The molecule has 9 rings (SSSR count). The normalized spacial score (nSPS) is 11.5. The molecule has 0 spiro atoms. The van der Waals surface area contributed by atoms with Crippen LogP contribution < -0.4 is 0 Å². The first-order valence-electron chi connectivity index (χ1n) is 15.6. The van der Waals surface area contributed by atoms with Crippen molar-refractivity contribution in [2.45, 2.75) is 0 Å². The van der Waals surface area contributed by atoms with Gasteiger partial charge in [0, 0.05) is 16.3 Å². The molecule has 0 saturated carbocycles. The molecule has 0 atom stereocenters. The van der Waals surface area contributed by atoms with Crippen molar-refractivity contribution in [3.05, 3.63) is 170 Å². The van der Waals surface area contributed by atoms with Crippen LogP contribution in [-0.2, 0) is 0 Å². The molecule has 0 aliphatic heterocycles. The maximum absolute atomic E-state index is 6.50. The number of rotatable bonds is 5. The van der Waals surface area contributed by atoms with E-state index in [-0.39, 0.29) is 0 Å². The third kappa shape index (κ3) is 4.33. The predicted molar refractivity (Wildman–Crippen MR) is 190 cm³/mol. The van der Waals surface area contributed by atoms with Gasteiger partial charge in [-0.05, 0) is 64.2 Å². The molecule has 3 heteroatoms. The van der Waals surface area contributed by atoms with Crippen molar-refractivity contribution < 1.29 is 4.42 Å². The van der Waals surface area contributed by atoms with Crippen LogP contribution >= 0.6 is 0 Å². The van der Waals surface area contributed by atoms with E-state index in [0.717, 1.165) is 66.7 Å². The number of hydrogen-bond donors (Lipinski definition) is 0. The van der Waals surface area contributed by atoms with Crippen molar-refractivity contribution in [1.82, 2.24) is 9.55 Å². The Hall–Kier alpha value is -6.19. The monoisotopic (exact) mass is 588 g/mol. The van der Waals surface area contributed by atoms with Crippen molar-refractivity contribution in [2.75, 3.05) is 0 Å². The van der Waals surface area contributed by atoms with Crippen LogP contribution in [0.1, 0.15) is 0 Å². The van der Waals surface area contributed by atoms with Gasteiger partial charge in [-0.15, -0.1) is 0 Å². The van der Waals surface area contributed by atoms with Gasteiger partial charge in [-0.25, -0.2) is 4.98 Å². The van der Waals surface area contributed by atoms with E-state index in [1.807, 2.05) is 18.2 Å². The fraction of sp³-hybridized carbons (Fsp3) is 0. The molecule has 0 radical (unpaired) electrons. The van der Waals surface area contributed by atoms with E-state index in [0.29, 0.717) is 0 Å². The lowest BCUT2D eigenvalue weighted by atomic mass is 9.95. The number of aromatic nitrogens is 2. The average Bonchev–Trinajstić information content (AvgIpc) is 3.71. The average molecular weight is 589 g/mol. The highest BCUT2D eigenvalue weighted by atomic mass is 16.3. The quantitative estimate of drug-likeness (QED) is 0.200. The van der Waals surface area contributed by atoms with Gasteiger partial charge in [0.25, 0.3) is 0 Å². The van der Waals surface area contributed by atoms with Crippen molar-refractivity contribution in [3.8, 4) is 50.5 Å². The minimum absolute atomic E-state index is 0.844. The summed E-state index contributed by atoms with van der Waals surface area (Å²) in [7, 11) is 0. The number of para-hydroxylation sites is 4. The van der Waals surface area contributed by atoms with Crippen molar-refractivity contribution in [2.24, 2.45) is 0 Å². The van der Waals surface area contributed by atoms with Gasteiger partial charge in [0.15, 0.2) is 0 Å². The van der Waals surface area contributed by atoms with Crippen LogP contribution in [0.5, 0.6) is 0 Å². The first-order chi connectivity index (χ1) is 22.8. The lowest BCUT2D eigenvalue weighted by Gasteiger charge is -2.17. The predicted octanol–water partition coefficient (Wildman–Crippen LogP) is 11.6. The molecule has 0 saturated heterocycles. The minimum atomic E-state index is 0.844. The summed E-state index contributed by atoms with van der Waals surface area (Å²) in [4.78, 5) is 5.24. The van der Waals surface area contributed by atoms with Crippen LogP contribution in [0.4, 0.5) is 0 Å². The molecule has 0 N–H and O–H groups in total. The summed E-state index contributed by atoms with van der Waals surface area (Å²) in [5.41, 5.74) is 12.8. The molecular formula is C43H28N2O. The highest BCUT2D eigenvalue weighted by Crippen LogP contribution is 2.40. The fourth-order valence-electron chi connectivity index (χ4n) is 6.62. The Bertz CT molecular complexity index is 2510. The summed E-state index contributed by atoms with van der Waals surface area (Å²) in [5, 5.41) is 2.19. The van der Waals surface area contributed by atoms with Crippen LogP contribution in [0.2, 0.25) is 0 Å². The number of furan rings is 1. The number of imidazole rings is 1. The molecule has 7 aromatic carbocycles. The molecule has 0 amide bonds. The zero-order chi connectivity index (χ0) is 30.5. The fourth-order valence-corrected chi connectivity index (χ4v) is 6.62. The molecule has 2 aromatic heterocycles. The summed E-state index contributed by atoms with van der Waals surface area (Å²) in [6, 6.07) is 59.7. The number of hydrogen-bond acceptors (Lipinski definition) is 2. The van der Waals surface area contributed by atoms with Crippen LogP contribution in [0.25, 0.3) is 83.4 Å². The Morgan fingerprint density at radius 1 is 0.435 bits per heavy atom. The van der Waals surface area contributed by atoms with E-state index < -0.39 is 0 Å². The maximum Gasteiger partial charge on any atom is 0.149 e. The van der Waals surface area contributed by atoms with Gasteiger partial charge >= 0.3 is 0 Å². The van der Waals surface area contributed by atoms with Crippen molar-refractivity contribution >= 4 is 33.0 Å². The Balaban J connectivity index is 1.27. The van der Waals surface area contributed by atoms with Gasteiger partial charge in [0.05, 0.1) is 22.3 Å². The Morgan fingerprint density at radius 3 is 1.85 bits per heavy atom. The molecule has 216 valence electrons. The molecule has 46 heavy (non-hydrogen) atoms. The molecular weight excluding hydrogens is 560 g/mol. The smallest absolute Gasteiger partial charge is 0.149 e. The van der Waals surface area contributed by atoms with Crippen LogP contribution in [-0.4, -0.2) is 9.55 Å². The summed E-state index contributed by atoms with van der Waals surface area (Å²) in [5.74, 6) is 0.850. The topological polar surface area (TPSA) is 31.0 Å². The summed E-state index contributed by atoms with van der Waals surface area (Å²) < 4.78 is 8.80. The van der Waals surface area contributed by atoms with Gasteiger partial charge < -0.3 is 4.42 Å². The lowest BCUT2D eigenvalue weighted by molar-refractivity contribution is 0.669. The highest BCUT2D eigenvalue weighted by Gasteiger charge is 2.21. The van der Waals surface area contributed by atoms with Gasteiger partial charge in [0.2, 0.25) is 0 Å². The molecule has 2 heterocycles. The molecule has 3 nitrogen and oxygen atoms in total. The van der Waals surface area contributed by atoms with Crippen LogP contribution in [0.3, 0.4) is 0 Å². The zero-order valence-corrected chi connectivity index (χ0v) is 25.0. The minimum Gasteiger partial charge on any atom is -0.455 e. The standard InChI is InChI=1S/C43H28N2O/c1-3-12-29(13-4-1)30-22-24-31(25-23-30)33-26-27-39(37(28-33)32-14-5-2-6-15-32)45-40-20-9-8-19-38(40)44-43(45)36-18-11-17-35-34-16-7-10-21-41(34)46-42(35)36/h1-28H. The second-order valence-corrected chi connectivity index (χ2v) is 11.6. The Morgan fingerprint density at radius 2 is 1.04 bits per heavy atom. The van der Waals surface area contributed by atoms with Crippen LogP contribution in [0.15, 0.2) is 174 Å². The van der Waals surface area contributed by atoms with Gasteiger partial charge in [0.1, 0.15) is 17.0 Å². The first kappa shape index (κ1) is 26.2. The van der Waals surface area contributed by atoms with Crippen LogP contribution in [0, 0.1) is 0 Å². The summed E-state index contributed by atoms with van der Waals surface area (Å²) in [6.07, 6.45) is 0. The number of fused-ring (bicyclic) bond motifs is 4. The molecule has 0 fully saturated rings. The molecule has 9 aromatic rings. The molecule has 0 bridgehead atoms. The van der Waals surface area contributed by atoms with E-state index in [4.69, 9.17) is 9.40 Å². The Labute approximate surface area is 266 Å². The zero-order valence-electron chi connectivity index (χ0n) is 25.0. The second kappa shape index (κ2) is 10.8. The SMILES string of the molecule is c1ccc(-c2ccc(-c3ccc(-n4c(-c5cccc6c5oc5ccccc56)nc5ccccc54)c(-c4ccccc4)c3)cc2)cc1. The molecule has 0 aliphatic carbocycles. The third-order valence-corrected chi connectivity index (χ3v) is 8.85. The number of benzene rings is 7. The van der Waals surface area contributed by atoms with Gasteiger partial charge in [-0.2, -0.15) is 0 Å². The lowest BCUT2D eigenvalue weighted by Crippen LogP contribution is -2.01. The summed E-state index contributed by atoms with van der Waals surface area (Å²) >= 11 is 0. The first-order valence-corrected chi connectivity index (χ1v) is 15.6. The van der Waals surface area contributed by atoms with Gasteiger partial charge in [-0.3, -0.25) is 4.57 Å². The van der Waals surface area contributed by atoms with E-state index >= 15 is 0 Å². The highest BCUT2D eigenvalue weighted by molar-refractivity contribution is 6.09. The van der Waals surface area contributed by atoms with Gasteiger partial charge in [-0.1, -0.05) is 133 Å². The Kier molecular flexibility index (Phi) is 6.14. The van der Waals surface area contributed by atoms with E-state index in [2.05, 4.69) is 156 Å². The third-order valence-electron chi connectivity index (χ3n) is 8.85. The van der Waals surface area contributed by atoms with E-state index in [1.165, 1.54) is 16.7 Å². The van der Waals surface area contributed by atoms with E-state index in [1.54, 1.807) is 0 Å². The maximum atomic E-state index is 6.50. The number of nitrogens with zero attached hydrogens (tertiary/aromatic N) is 2. The summed E-state index contributed by atoms with van der Waals surface area (Å²) in [6.45, 7) is 0. The molecule has 0 aliphatic rings. The second-order valence-electron chi connectivity index (χ2n) is 11.6. The largest absolute Gasteiger partial charge is 0.455 e. The molecule has 0 unspecified atom stereocenters. The van der Waals surface area contributed by atoms with Crippen molar-refractivity contribution in [1.29, 1.82) is 0 Å². The van der Waals surface area contributed by atoms with E-state index in [9.17, 15) is 0 Å².